The van der Waals surface area contributed by atoms with Crippen LogP contribution in [0.25, 0.3) is 0 Å². The summed E-state index contributed by atoms with van der Waals surface area (Å²) in [5, 5.41) is 0. The van der Waals surface area contributed by atoms with E-state index in [0.29, 0.717) is 24.1 Å². The highest BCUT2D eigenvalue weighted by Crippen LogP contribution is 2.43. The van der Waals surface area contributed by atoms with Crippen molar-refractivity contribution in [2.45, 2.75) is 174 Å². The van der Waals surface area contributed by atoms with Crippen molar-refractivity contribution in [3.63, 3.8) is 0 Å². The monoisotopic (exact) mass is 717 g/mol. The van der Waals surface area contributed by atoms with Crippen LogP contribution in [-0.4, -0.2) is 75.6 Å². The Morgan fingerprint density at radius 2 is 1.14 bits per heavy atom. The van der Waals surface area contributed by atoms with Crippen LogP contribution < -0.4 is 0 Å². The zero-order valence-electron chi connectivity index (χ0n) is 32.7. The predicted octanol–water partition coefficient (Wildman–Crippen LogP) is 11.3. The van der Waals surface area contributed by atoms with E-state index in [9.17, 15) is 14.3 Å². The molecule has 9 heteroatoms. The van der Waals surface area contributed by atoms with Crippen molar-refractivity contribution in [2.24, 2.45) is 0 Å². The molecule has 0 aliphatic rings. The van der Waals surface area contributed by atoms with Crippen LogP contribution in [0, 0.1) is 0 Å². The number of nitrogens with zero attached hydrogens (tertiary/aromatic N) is 1. The molecule has 0 radical (unpaired) electrons. The van der Waals surface area contributed by atoms with Gasteiger partial charge in [-0.1, -0.05) is 147 Å². The average molecular weight is 717 g/mol. The molecule has 0 fully saturated rings. The number of allylic oxidation sites excluding steroid dienone is 4. The summed E-state index contributed by atoms with van der Waals surface area (Å²) < 4.78 is 34.9. The number of rotatable bonds is 37. The summed E-state index contributed by atoms with van der Waals surface area (Å²) in [6, 6.07) is 0. The van der Waals surface area contributed by atoms with Gasteiger partial charge in [0, 0.05) is 13.0 Å². The normalized spacial score (nSPS) is 14.2. The highest BCUT2D eigenvalue weighted by Gasteiger charge is 2.26. The quantitative estimate of drug-likeness (QED) is 0.0225. The van der Waals surface area contributed by atoms with E-state index in [1.165, 1.54) is 103 Å². The smallest absolute Gasteiger partial charge is 0.457 e. The van der Waals surface area contributed by atoms with Gasteiger partial charge in [0.25, 0.3) is 0 Å². The lowest BCUT2D eigenvalue weighted by molar-refractivity contribution is -0.870. The molecule has 0 heterocycles. The van der Waals surface area contributed by atoms with Crippen LogP contribution in [0.5, 0.6) is 0 Å². The van der Waals surface area contributed by atoms with Gasteiger partial charge in [-0.3, -0.25) is 13.8 Å². The van der Waals surface area contributed by atoms with Crippen molar-refractivity contribution >= 4 is 13.8 Å². The fourth-order valence-corrected chi connectivity index (χ4v) is 6.07. The number of hydrogen-bond donors (Lipinski definition) is 1. The summed E-state index contributed by atoms with van der Waals surface area (Å²) in [5.74, 6) is -0.318. The predicted molar refractivity (Wildman–Crippen MR) is 206 cm³/mol. The zero-order chi connectivity index (χ0) is 36.3. The van der Waals surface area contributed by atoms with Crippen LogP contribution >= 0.6 is 7.82 Å². The Labute approximate surface area is 303 Å². The van der Waals surface area contributed by atoms with Gasteiger partial charge in [-0.15, -0.1) is 0 Å². The highest BCUT2D eigenvalue weighted by atomic mass is 31.2. The Balaban J connectivity index is 4.28. The van der Waals surface area contributed by atoms with E-state index in [-0.39, 0.29) is 25.8 Å². The number of hydrogen-bond acceptors (Lipinski definition) is 6. The van der Waals surface area contributed by atoms with Crippen molar-refractivity contribution in [2.75, 3.05) is 54.1 Å². The molecule has 0 amide bonds. The number of ether oxygens (including phenoxy) is 2. The van der Waals surface area contributed by atoms with Crippen molar-refractivity contribution in [1.82, 2.24) is 0 Å². The summed E-state index contributed by atoms with van der Waals surface area (Å²) in [5.41, 5.74) is 0. The highest BCUT2D eigenvalue weighted by molar-refractivity contribution is 7.47. The standard InChI is InChI=1S/C40H78NO7P/c1-6-8-10-12-14-16-18-20-21-22-24-26-28-30-32-35-45-37-39(38-47-49(43,44)46-36-34-41(3,4)5)48-40(42)33-31-29-27-25-23-19-17-15-13-11-9-7-2/h12,14,18,20,39H,6-11,13,15-17,19,21-38H2,1-5H3/p+1/b14-12-,20-18-. The van der Waals surface area contributed by atoms with Gasteiger partial charge < -0.3 is 18.9 Å². The molecule has 49 heavy (non-hydrogen) atoms. The topological polar surface area (TPSA) is 91.3 Å². The number of phosphoric acid groups is 1. The van der Waals surface area contributed by atoms with E-state index >= 15 is 0 Å². The van der Waals surface area contributed by atoms with Crippen LogP contribution in [0.4, 0.5) is 0 Å². The number of carbonyl (C=O) groups is 1. The molecular formula is C40H79NO7P+. The third kappa shape index (κ3) is 38.1. The molecule has 0 saturated heterocycles. The lowest BCUT2D eigenvalue weighted by Crippen LogP contribution is -2.37. The molecule has 0 spiro atoms. The molecular weight excluding hydrogens is 637 g/mol. The van der Waals surface area contributed by atoms with E-state index in [4.69, 9.17) is 18.5 Å². The second kappa shape index (κ2) is 34.1. The first-order valence-electron chi connectivity index (χ1n) is 20.1. The molecule has 2 atom stereocenters. The minimum atomic E-state index is -4.27. The molecule has 0 saturated carbocycles. The molecule has 8 nitrogen and oxygen atoms in total. The van der Waals surface area contributed by atoms with E-state index < -0.39 is 13.9 Å². The fraction of sp³-hybridized carbons (Fsp3) is 0.875. The van der Waals surface area contributed by atoms with Gasteiger partial charge in [0.05, 0.1) is 34.4 Å². The van der Waals surface area contributed by atoms with Gasteiger partial charge in [-0.25, -0.2) is 4.57 Å². The third-order valence-electron chi connectivity index (χ3n) is 8.52. The van der Waals surface area contributed by atoms with E-state index in [0.717, 1.165) is 44.9 Å². The molecule has 0 aromatic heterocycles. The maximum Gasteiger partial charge on any atom is 0.472 e. The first-order valence-corrected chi connectivity index (χ1v) is 21.6. The van der Waals surface area contributed by atoms with Crippen LogP contribution in [0.15, 0.2) is 24.3 Å². The Bertz CT molecular complexity index is 843. The molecule has 0 bridgehead atoms. The lowest BCUT2D eigenvalue weighted by atomic mass is 10.0. The van der Waals surface area contributed by atoms with Gasteiger partial charge in [0.2, 0.25) is 0 Å². The lowest BCUT2D eigenvalue weighted by Gasteiger charge is -2.24. The number of esters is 1. The van der Waals surface area contributed by atoms with Crippen LogP contribution in [-0.2, 0) is 27.9 Å². The minimum Gasteiger partial charge on any atom is -0.457 e. The minimum absolute atomic E-state index is 0.0880. The van der Waals surface area contributed by atoms with Gasteiger partial charge >= 0.3 is 13.8 Å². The number of likely N-dealkylation sites (N-methyl/N-ethyl adjacent to an activating group) is 1. The third-order valence-corrected chi connectivity index (χ3v) is 9.50. The summed E-state index contributed by atoms with van der Waals surface area (Å²) in [6.07, 6.45) is 36.3. The summed E-state index contributed by atoms with van der Waals surface area (Å²) >= 11 is 0. The fourth-order valence-electron chi connectivity index (χ4n) is 5.33. The summed E-state index contributed by atoms with van der Waals surface area (Å²) in [6.45, 7) is 5.56. The van der Waals surface area contributed by atoms with Gasteiger partial charge in [-0.2, -0.15) is 0 Å². The first kappa shape index (κ1) is 48.0. The molecule has 0 aliphatic carbocycles. The number of unbranched alkanes of at least 4 members (excludes halogenated alkanes) is 19. The molecule has 0 aliphatic heterocycles. The van der Waals surface area contributed by atoms with Crippen molar-refractivity contribution in [1.29, 1.82) is 0 Å². The summed E-state index contributed by atoms with van der Waals surface area (Å²) in [4.78, 5) is 22.8. The first-order chi connectivity index (χ1) is 23.6. The van der Waals surface area contributed by atoms with Gasteiger partial charge in [0.1, 0.15) is 19.3 Å². The van der Waals surface area contributed by atoms with Crippen LogP contribution in [0.3, 0.4) is 0 Å². The zero-order valence-corrected chi connectivity index (χ0v) is 33.6. The molecule has 0 aromatic carbocycles. The summed E-state index contributed by atoms with van der Waals surface area (Å²) in [7, 11) is 1.66. The Hall–Kier alpha value is -1.02. The van der Waals surface area contributed by atoms with E-state index in [1.807, 2.05) is 21.1 Å². The van der Waals surface area contributed by atoms with Crippen molar-refractivity contribution < 1.29 is 37.3 Å². The Kier molecular flexibility index (Phi) is 33.4. The van der Waals surface area contributed by atoms with Crippen molar-refractivity contribution in [3.8, 4) is 0 Å². The Morgan fingerprint density at radius 1 is 0.633 bits per heavy atom. The SMILES string of the molecule is CCCC/C=C\C/C=C\CCCCCCCCOCC(COP(=O)(O)OCC[N+](C)(C)C)OC(=O)CCCCCCCCCCCCCC. The Morgan fingerprint density at radius 3 is 1.71 bits per heavy atom. The van der Waals surface area contributed by atoms with Crippen LogP contribution in [0.1, 0.15) is 168 Å². The largest absolute Gasteiger partial charge is 0.472 e. The second-order valence-electron chi connectivity index (χ2n) is 14.7. The number of quaternary nitrogens is 1. The van der Waals surface area contributed by atoms with Crippen molar-refractivity contribution in [3.05, 3.63) is 24.3 Å². The molecule has 290 valence electrons. The van der Waals surface area contributed by atoms with Gasteiger partial charge in [-0.05, 0) is 38.5 Å². The molecule has 0 rings (SSSR count). The van der Waals surface area contributed by atoms with Gasteiger partial charge in [0.15, 0.2) is 0 Å². The second-order valence-corrected chi connectivity index (χ2v) is 16.1. The molecule has 2 unspecified atom stereocenters. The number of carbonyl (C=O) groups excluding carboxylic acids is 1. The average Bonchev–Trinajstić information content (AvgIpc) is 3.04. The maximum atomic E-state index is 12.6. The molecule has 1 N–H and O–H groups in total. The van der Waals surface area contributed by atoms with E-state index in [1.54, 1.807) is 0 Å². The van der Waals surface area contributed by atoms with Crippen LogP contribution in [0.2, 0.25) is 0 Å². The number of phosphoric ester groups is 1. The maximum absolute atomic E-state index is 12.6. The molecule has 0 aromatic rings. The van der Waals surface area contributed by atoms with E-state index in [2.05, 4.69) is 38.2 Å².